The van der Waals surface area contributed by atoms with E-state index in [4.69, 9.17) is 11.0 Å². The van der Waals surface area contributed by atoms with Crippen LogP contribution < -0.4 is 5.73 Å². The van der Waals surface area contributed by atoms with Crippen LogP contribution in [0, 0.1) is 17.1 Å². The van der Waals surface area contributed by atoms with Gasteiger partial charge in [0.2, 0.25) is 16.0 Å². The van der Waals surface area contributed by atoms with Gasteiger partial charge in [0.15, 0.2) is 0 Å². The number of pyridine rings is 1. The fourth-order valence-electron chi connectivity index (χ4n) is 4.03. The molecule has 0 bridgehead atoms. The van der Waals surface area contributed by atoms with Gasteiger partial charge in [-0.2, -0.15) is 5.26 Å². The molecule has 2 aliphatic rings. The van der Waals surface area contributed by atoms with Crippen molar-refractivity contribution < 1.29 is 17.2 Å². The largest absolute Gasteiger partial charge is 0.369 e. The Labute approximate surface area is 178 Å². The van der Waals surface area contributed by atoms with Crippen LogP contribution in [0.15, 0.2) is 41.5 Å². The van der Waals surface area contributed by atoms with E-state index in [1.54, 1.807) is 6.92 Å². The van der Waals surface area contributed by atoms with Crippen molar-refractivity contribution in [3.63, 3.8) is 0 Å². The molecule has 0 unspecified atom stereocenters. The van der Waals surface area contributed by atoms with Gasteiger partial charge in [0.05, 0.1) is 11.3 Å². The van der Waals surface area contributed by atoms with E-state index in [1.807, 2.05) is 6.07 Å². The van der Waals surface area contributed by atoms with Crippen molar-refractivity contribution in [2.45, 2.75) is 30.1 Å². The van der Waals surface area contributed by atoms with Crippen LogP contribution in [-0.2, 0) is 15.6 Å². The Morgan fingerprint density at radius 2 is 2.03 bits per heavy atom. The van der Waals surface area contributed by atoms with Crippen molar-refractivity contribution in [2.75, 3.05) is 7.05 Å². The minimum absolute atomic E-state index is 0.0129. The van der Waals surface area contributed by atoms with Crippen molar-refractivity contribution in [1.82, 2.24) is 9.29 Å². The Balaban J connectivity index is 1.81. The van der Waals surface area contributed by atoms with E-state index in [1.165, 1.54) is 37.5 Å². The monoisotopic (exact) mass is 443 g/mol. The molecule has 2 aromatic rings. The number of benzene rings is 1. The second-order valence-electron chi connectivity index (χ2n) is 7.78. The molecule has 10 heteroatoms. The molecular weight excluding hydrogens is 424 g/mol. The number of nitrogens with two attached hydrogens (primary N) is 1. The summed E-state index contributed by atoms with van der Waals surface area (Å²) in [6.45, 7) is 1.54. The summed E-state index contributed by atoms with van der Waals surface area (Å²) >= 11 is 0. The average molecular weight is 443 g/mol. The molecule has 7 nitrogen and oxygen atoms in total. The van der Waals surface area contributed by atoms with E-state index in [-0.39, 0.29) is 17.2 Å². The maximum atomic E-state index is 14.9. The van der Waals surface area contributed by atoms with Gasteiger partial charge in [-0.15, -0.1) is 0 Å². The predicted molar refractivity (Wildman–Crippen MR) is 112 cm³/mol. The molecule has 4 rings (SSSR count). The van der Waals surface area contributed by atoms with Crippen LogP contribution in [0.4, 0.5) is 8.78 Å². The zero-order valence-electron chi connectivity index (χ0n) is 16.8. The first-order valence-corrected chi connectivity index (χ1v) is 10.9. The van der Waals surface area contributed by atoms with Crippen LogP contribution in [0.25, 0.3) is 11.9 Å². The van der Waals surface area contributed by atoms with E-state index in [0.29, 0.717) is 24.0 Å². The number of sulfonamides is 1. The van der Waals surface area contributed by atoms with Gasteiger partial charge >= 0.3 is 0 Å². The van der Waals surface area contributed by atoms with Crippen LogP contribution in [0.3, 0.4) is 0 Å². The number of hydrogen-bond donors (Lipinski definition) is 1. The van der Waals surface area contributed by atoms with Gasteiger partial charge < -0.3 is 5.73 Å². The number of nitriles is 1. The second kappa shape index (κ2) is 6.85. The molecule has 1 aliphatic heterocycles. The van der Waals surface area contributed by atoms with Crippen molar-refractivity contribution in [3.05, 3.63) is 64.7 Å². The molecule has 31 heavy (non-hydrogen) atoms. The summed E-state index contributed by atoms with van der Waals surface area (Å²) < 4.78 is 55.3. The predicted octanol–water partition coefficient (Wildman–Crippen LogP) is 2.90. The number of hydrogen-bond acceptors (Lipinski definition) is 6. The van der Waals surface area contributed by atoms with Gasteiger partial charge in [0.1, 0.15) is 28.0 Å². The van der Waals surface area contributed by atoms with E-state index in [9.17, 15) is 17.2 Å². The third-order valence-corrected chi connectivity index (χ3v) is 8.75. The fourth-order valence-corrected chi connectivity index (χ4v) is 6.12. The number of rotatable bonds is 3. The van der Waals surface area contributed by atoms with Gasteiger partial charge in [-0.25, -0.2) is 26.5 Å². The minimum atomic E-state index is -3.85. The lowest BCUT2D eigenvalue weighted by molar-refractivity contribution is 0.381. The lowest BCUT2D eigenvalue weighted by Crippen LogP contribution is -2.58. The Bertz CT molecular complexity index is 1280. The van der Waals surface area contributed by atoms with Gasteiger partial charge in [0.25, 0.3) is 0 Å². The maximum absolute atomic E-state index is 14.9. The molecule has 0 saturated heterocycles. The first-order chi connectivity index (χ1) is 14.6. The highest BCUT2D eigenvalue weighted by molar-refractivity contribution is 7.91. The Morgan fingerprint density at radius 1 is 1.32 bits per heavy atom. The Morgan fingerprint density at radius 3 is 2.61 bits per heavy atom. The summed E-state index contributed by atoms with van der Waals surface area (Å²) in [7, 11) is -2.53. The number of aliphatic imine (C=N–C) groups is 1. The Kier molecular flexibility index (Phi) is 4.63. The molecule has 160 valence electrons. The van der Waals surface area contributed by atoms with E-state index < -0.39 is 32.0 Å². The van der Waals surface area contributed by atoms with Crippen LogP contribution >= 0.6 is 0 Å². The molecule has 1 saturated carbocycles. The summed E-state index contributed by atoms with van der Waals surface area (Å²) in [6, 6.07) is 8.62. The third kappa shape index (κ3) is 2.99. The molecular formula is C21H19F2N5O2S. The molecule has 2 N–H and O–H groups in total. The number of nitrogens with zero attached hydrogens (tertiary/aromatic N) is 4. The number of guanidine groups is 1. The van der Waals surface area contributed by atoms with E-state index in [2.05, 4.69) is 9.98 Å². The minimum Gasteiger partial charge on any atom is -0.369 e. The van der Waals surface area contributed by atoms with E-state index in [0.717, 1.165) is 16.4 Å². The molecule has 0 radical (unpaired) electrons. The fraction of sp³-hybridized carbons (Fsp3) is 0.286. The van der Waals surface area contributed by atoms with Gasteiger partial charge in [0, 0.05) is 18.8 Å². The van der Waals surface area contributed by atoms with Crippen LogP contribution in [-0.4, -0.2) is 35.5 Å². The molecule has 2 heterocycles. The Hall–Kier alpha value is -3.32. The van der Waals surface area contributed by atoms with Crippen molar-refractivity contribution in [2.24, 2.45) is 10.7 Å². The highest BCUT2D eigenvalue weighted by atomic mass is 32.2. The maximum Gasteiger partial charge on any atom is 0.245 e. The normalized spacial score (nSPS) is 23.9. The van der Waals surface area contributed by atoms with E-state index >= 15 is 0 Å². The number of aromatic nitrogens is 1. The molecule has 1 aromatic carbocycles. The van der Waals surface area contributed by atoms with Crippen molar-refractivity contribution in [3.8, 4) is 6.07 Å². The van der Waals surface area contributed by atoms with Gasteiger partial charge in [-0.1, -0.05) is 6.07 Å². The highest BCUT2D eigenvalue weighted by Gasteiger charge is 2.70. The van der Waals surface area contributed by atoms with Crippen molar-refractivity contribution >= 4 is 27.9 Å². The summed E-state index contributed by atoms with van der Waals surface area (Å²) in [5, 5.41) is 8.83. The van der Waals surface area contributed by atoms with Gasteiger partial charge in [-0.05, 0) is 55.7 Å². The molecule has 0 amide bonds. The second-order valence-corrected chi connectivity index (χ2v) is 10.1. The lowest BCUT2D eigenvalue weighted by Gasteiger charge is -2.42. The first-order valence-electron chi connectivity index (χ1n) is 9.43. The standard InChI is InChI=1S/C21H19F2N5O2S/c1-20(21(7-8-21)31(29,30)28(2)19(25)27-20)15-9-13(3-5-16(15)22)10-17(23)18-6-4-14(11-24)12-26-18/h3-6,9-10,12H,7-8H2,1-2H3,(H2,25,27)/b17-10-/t20-/m1/s1. The summed E-state index contributed by atoms with van der Waals surface area (Å²) in [5.74, 6) is -1.57. The van der Waals surface area contributed by atoms with Crippen LogP contribution in [0.2, 0.25) is 0 Å². The summed E-state index contributed by atoms with van der Waals surface area (Å²) in [4.78, 5) is 8.27. The zero-order valence-corrected chi connectivity index (χ0v) is 17.6. The summed E-state index contributed by atoms with van der Waals surface area (Å²) in [6.07, 6.45) is 3.04. The smallest absolute Gasteiger partial charge is 0.245 e. The molecule has 1 atom stereocenters. The topological polar surface area (TPSA) is 112 Å². The average Bonchev–Trinajstić information content (AvgIpc) is 3.56. The van der Waals surface area contributed by atoms with Crippen LogP contribution in [0.1, 0.15) is 42.1 Å². The molecule has 1 spiro atoms. The SMILES string of the molecule is CN1C(N)=N[C@](C)(c2cc(/C=C(\F)c3ccc(C#N)cn3)ccc2F)C2(CC2)S1(=O)=O. The third-order valence-electron chi connectivity index (χ3n) is 6.05. The lowest BCUT2D eigenvalue weighted by atomic mass is 9.85. The highest BCUT2D eigenvalue weighted by Crippen LogP contribution is 2.60. The van der Waals surface area contributed by atoms with Crippen LogP contribution in [0.5, 0.6) is 0 Å². The van der Waals surface area contributed by atoms with Crippen molar-refractivity contribution in [1.29, 1.82) is 5.26 Å². The number of halogens is 2. The molecule has 1 aromatic heterocycles. The summed E-state index contributed by atoms with van der Waals surface area (Å²) in [5.41, 5.74) is 5.04. The van der Waals surface area contributed by atoms with Gasteiger partial charge in [-0.3, -0.25) is 4.98 Å². The quantitative estimate of drug-likeness (QED) is 0.784. The first kappa shape index (κ1) is 20.9. The molecule has 1 aliphatic carbocycles. The molecule has 1 fully saturated rings. The zero-order chi connectivity index (χ0) is 22.6.